The summed E-state index contributed by atoms with van der Waals surface area (Å²) < 4.78 is 6.05. The molecular weight excluding hydrogens is 382 g/mol. The van der Waals surface area contributed by atoms with E-state index in [1.54, 1.807) is 6.08 Å². The van der Waals surface area contributed by atoms with Gasteiger partial charge in [-0.15, -0.1) is 0 Å². The van der Waals surface area contributed by atoms with Crippen molar-refractivity contribution in [3.05, 3.63) is 70.6 Å². The van der Waals surface area contributed by atoms with Crippen LogP contribution in [0.15, 0.2) is 59.5 Å². The maximum absolute atomic E-state index is 12.5. The van der Waals surface area contributed by atoms with Crippen molar-refractivity contribution in [2.24, 2.45) is 0 Å². The molecule has 1 atom stereocenters. The Kier molecular flexibility index (Phi) is 5.93. The summed E-state index contributed by atoms with van der Waals surface area (Å²) in [6.45, 7) is 1.89. The molecule has 1 fully saturated rings. The van der Waals surface area contributed by atoms with Crippen LogP contribution in [0.3, 0.4) is 0 Å². The van der Waals surface area contributed by atoms with Crippen LogP contribution in [0.5, 0.6) is 5.75 Å². The fraction of sp³-hybridized carbons (Fsp3) is 0.150. The van der Waals surface area contributed by atoms with Gasteiger partial charge in [0.25, 0.3) is 5.91 Å². The normalized spacial score (nSPS) is 16.6. The van der Waals surface area contributed by atoms with E-state index in [-0.39, 0.29) is 4.32 Å². The van der Waals surface area contributed by atoms with Gasteiger partial charge >= 0.3 is 5.97 Å². The number of rotatable bonds is 6. The number of carbonyl (C=O) groups is 2. The number of thiocarbonyl (C=S) groups is 1. The average molecular weight is 399 g/mol. The zero-order valence-corrected chi connectivity index (χ0v) is 16.1. The van der Waals surface area contributed by atoms with E-state index < -0.39 is 17.9 Å². The number of carboxylic acids is 1. The van der Waals surface area contributed by atoms with Crippen molar-refractivity contribution >= 4 is 46.3 Å². The summed E-state index contributed by atoms with van der Waals surface area (Å²) in [5.74, 6) is -0.804. The van der Waals surface area contributed by atoms with Gasteiger partial charge in [0, 0.05) is 0 Å². The second-order valence-electron chi connectivity index (χ2n) is 5.91. The molecule has 1 aliphatic rings. The van der Waals surface area contributed by atoms with Gasteiger partial charge in [-0.2, -0.15) is 0 Å². The Bertz CT molecular complexity index is 911. The summed E-state index contributed by atoms with van der Waals surface area (Å²) in [5, 5.41) is 9.14. The molecule has 0 spiro atoms. The highest BCUT2D eigenvalue weighted by Crippen LogP contribution is 2.34. The molecule has 1 saturated heterocycles. The summed E-state index contributed by atoms with van der Waals surface area (Å²) in [4.78, 5) is 25.2. The van der Waals surface area contributed by atoms with Gasteiger partial charge in [0.05, 0.1) is 4.91 Å². The minimum Gasteiger partial charge on any atom is -0.489 e. The highest BCUT2D eigenvalue weighted by molar-refractivity contribution is 8.26. The minimum atomic E-state index is -1.09. The lowest BCUT2D eigenvalue weighted by molar-refractivity contribution is -0.144. The SMILES string of the molecule is C[C@@H](C(=O)O)N1C(=O)/C(=C/c2cccc(OCc3ccccc3)c2)SC1=S. The van der Waals surface area contributed by atoms with Crippen molar-refractivity contribution in [3.8, 4) is 5.75 Å². The maximum atomic E-state index is 12.5. The van der Waals surface area contributed by atoms with Crippen LogP contribution in [0.25, 0.3) is 6.08 Å². The van der Waals surface area contributed by atoms with Crippen LogP contribution in [-0.4, -0.2) is 32.2 Å². The molecule has 1 amide bonds. The smallest absolute Gasteiger partial charge is 0.326 e. The first-order valence-electron chi connectivity index (χ1n) is 8.22. The van der Waals surface area contributed by atoms with Gasteiger partial charge < -0.3 is 9.84 Å². The molecule has 1 aliphatic heterocycles. The number of carbonyl (C=O) groups excluding carboxylic acids is 1. The number of benzene rings is 2. The lowest BCUT2D eigenvalue weighted by Gasteiger charge is -2.18. The van der Waals surface area contributed by atoms with E-state index in [0.717, 1.165) is 27.8 Å². The Morgan fingerprint density at radius 3 is 2.70 bits per heavy atom. The van der Waals surface area contributed by atoms with Crippen molar-refractivity contribution in [1.82, 2.24) is 4.90 Å². The lowest BCUT2D eigenvalue weighted by atomic mass is 10.2. The molecular formula is C20H17NO4S2. The lowest BCUT2D eigenvalue weighted by Crippen LogP contribution is -2.41. The van der Waals surface area contributed by atoms with E-state index in [2.05, 4.69) is 0 Å². The number of carboxylic acid groups (broad SMARTS) is 1. The first-order valence-corrected chi connectivity index (χ1v) is 9.45. The summed E-state index contributed by atoms with van der Waals surface area (Å²) >= 11 is 6.27. The van der Waals surface area contributed by atoms with E-state index in [1.807, 2.05) is 54.6 Å². The molecule has 1 heterocycles. The zero-order chi connectivity index (χ0) is 19.4. The van der Waals surface area contributed by atoms with Crippen LogP contribution in [0.1, 0.15) is 18.1 Å². The van der Waals surface area contributed by atoms with E-state index in [9.17, 15) is 9.59 Å². The Balaban J connectivity index is 1.74. The highest BCUT2D eigenvalue weighted by atomic mass is 32.2. The van der Waals surface area contributed by atoms with Crippen LogP contribution in [0.4, 0.5) is 0 Å². The van der Waals surface area contributed by atoms with Crippen molar-refractivity contribution in [2.75, 3.05) is 0 Å². The molecule has 0 bridgehead atoms. The largest absolute Gasteiger partial charge is 0.489 e. The van der Waals surface area contributed by atoms with Crippen molar-refractivity contribution in [3.63, 3.8) is 0 Å². The summed E-state index contributed by atoms with van der Waals surface area (Å²) in [6.07, 6.45) is 1.70. The Morgan fingerprint density at radius 2 is 2.00 bits per heavy atom. The number of nitrogens with zero attached hydrogens (tertiary/aromatic N) is 1. The Hall–Kier alpha value is -2.64. The predicted molar refractivity (Wildman–Crippen MR) is 109 cm³/mol. The van der Waals surface area contributed by atoms with E-state index in [1.165, 1.54) is 6.92 Å². The Labute approximate surface area is 166 Å². The average Bonchev–Trinajstić information content (AvgIpc) is 2.94. The van der Waals surface area contributed by atoms with Gasteiger partial charge in [0.15, 0.2) is 0 Å². The zero-order valence-electron chi connectivity index (χ0n) is 14.5. The van der Waals surface area contributed by atoms with Crippen molar-refractivity contribution < 1.29 is 19.4 Å². The summed E-state index contributed by atoms with van der Waals surface area (Å²) in [7, 11) is 0. The number of ether oxygens (including phenoxy) is 1. The first-order chi connectivity index (χ1) is 13.0. The molecule has 2 aromatic rings. The third kappa shape index (κ3) is 4.56. The molecule has 1 N–H and O–H groups in total. The second kappa shape index (κ2) is 8.37. The molecule has 138 valence electrons. The summed E-state index contributed by atoms with van der Waals surface area (Å²) in [6, 6.07) is 16.2. The monoisotopic (exact) mass is 399 g/mol. The third-order valence-electron chi connectivity index (χ3n) is 3.97. The summed E-state index contributed by atoms with van der Waals surface area (Å²) in [5.41, 5.74) is 1.84. The number of hydrogen-bond acceptors (Lipinski definition) is 5. The van der Waals surface area contributed by atoms with Crippen LogP contribution in [-0.2, 0) is 16.2 Å². The predicted octanol–water partition coefficient (Wildman–Crippen LogP) is 3.94. The first kappa shape index (κ1) is 19.1. The van der Waals surface area contributed by atoms with Crippen molar-refractivity contribution in [2.45, 2.75) is 19.6 Å². The van der Waals surface area contributed by atoms with E-state index in [0.29, 0.717) is 17.3 Å². The Morgan fingerprint density at radius 1 is 1.26 bits per heavy atom. The fourth-order valence-electron chi connectivity index (χ4n) is 2.51. The molecule has 0 radical (unpaired) electrons. The molecule has 7 heteroatoms. The molecule has 5 nitrogen and oxygen atoms in total. The molecule has 0 aromatic heterocycles. The van der Waals surface area contributed by atoms with Gasteiger partial charge in [-0.3, -0.25) is 9.69 Å². The van der Waals surface area contributed by atoms with Crippen LogP contribution in [0, 0.1) is 0 Å². The third-order valence-corrected chi connectivity index (χ3v) is 5.30. The van der Waals surface area contributed by atoms with Crippen LogP contribution < -0.4 is 4.74 Å². The van der Waals surface area contributed by atoms with Gasteiger partial charge in [-0.05, 0) is 36.3 Å². The number of hydrogen-bond donors (Lipinski definition) is 1. The topological polar surface area (TPSA) is 66.8 Å². The standard InChI is InChI=1S/C20H17NO4S2/c1-13(19(23)24)21-18(22)17(27-20(21)26)11-15-8-5-9-16(10-15)25-12-14-6-3-2-4-7-14/h2-11,13H,12H2,1H3,(H,23,24)/b17-11-/t13-/m0/s1. The van der Waals surface area contributed by atoms with Crippen LogP contribution >= 0.6 is 24.0 Å². The number of aliphatic carboxylic acids is 1. The van der Waals surface area contributed by atoms with E-state index in [4.69, 9.17) is 22.1 Å². The fourth-order valence-corrected chi connectivity index (χ4v) is 3.93. The van der Waals surface area contributed by atoms with Gasteiger partial charge in [-0.1, -0.05) is 66.4 Å². The molecule has 0 unspecified atom stereocenters. The second-order valence-corrected chi connectivity index (χ2v) is 7.59. The van der Waals surface area contributed by atoms with Gasteiger partial charge in [-0.25, -0.2) is 4.79 Å². The number of amides is 1. The molecule has 27 heavy (non-hydrogen) atoms. The molecule has 3 rings (SSSR count). The van der Waals surface area contributed by atoms with Gasteiger partial charge in [0.1, 0.15) is 22.7 Å². The quantitative estimate of drug-likeness (QED) is 0.586. The molecule has 2 aromatic carbocycles. The molecule has 0 aliphatic carbocycles. The van der Waals surface area contributed by atoms with Crippen LogP contribution in [0.2, 0.25) is 0 Å². The van der Waals surface area contributed by atoms with Crippen molar-refractivity contribution in [1.29, 1.82) is 0 Å². The highest BCUT2D eigenvalue weighted by Gasteiger charge is 2.38. The van der Waals surface area contributed by atoms with E-state index >= 15 is 0 Å². The maximum Gasteiger partial charge on any atom is 0.326 e. The molecule has 0 saturated carbocycles. The minimum absolute atomic E-state index is 0.248. The number of thioether (sulfide) groups is 1. The van der Waals surface area contributed by atoms with Gasteiger partial charge in [0.2, 0.25) is 0 Å².